The van der Waals surface area contributed by atoms with E-state index in [2.05, 4.69) is 4.98 Å². The van der Waals surface area contributed by atoms with Crippen molar-refractivity contribution in [3.8, 4) is 0 Å². The van der Waals surface area contributed by atoms with Crippen molar-refractivity contribution in [1.82, 2.24) is 4.98 Å². The minimum absolute atomic E-state index is 0.236. The van der Waals surface area contributed by atoms with Gasteiger partial charge in [0, 0.05) is 6.07 Å². The number of aromatic nitrogens is 1. The molecule has 0 aliphatic carbocycles. The van der Waals surface area contributed by atoms with Crippen molar-refractivity contribution in [2.24, 2.45) is 0 Å². The standard InChI is InChI=1S/C7H5BFNO3/c9-4-1-2-6-5(3-4)10-7(13-6)8(11)12/h1-3,11-12H. The minimum Gasteiger partial charge on any atom is -0.444 e. The summed E-state index contributed by atoms with van der Waals surface area (Å²) in [5, 5.41) is 17.4. The largest absolute Gasteiger partial charge is 0.548 e. The molecule has 2 rings (SSSR count). The first kappa shape index (κ1) is 8.21. The van der Waals surface area contributed by atoms with Gasteiger partial charge in [0.1, 0.15) is 11.3 Å². The van der Waals surface area contributed by atoms with Crippen LogP contribution in [0, 0.1) is 5.82 Å². The van der Waals surface area contributed by atoms with Crippen LogP contribution in [0.15, 0.2) is 22.6 Å². The molecule has 0 radical (unpaired) electrons. The number of benzene rings is 1. The molecular formula is C7H5BFNO3. The Balaban J connectivity index is 2.62. The summed E-state index contributed by atoms with van der Waals surface area (Å²) in [4.78, 5) is 3.67. The van der Waals surface area contributed by atoms with Crippen LogP contribution < -0.4 is 5.79 Å². The quantitative estimate of drug-likeness (QED) is 0.589. The number of fused-ring (bicyclic) bond motifs is 1. The molecule has 2 aromatic rings. The topological polar surface area (TPSA) is 66.5 Å². The zero-order chi connectivity index (χ0) is 9.42. The van der Waals surface area contributed by atoms with Crippen LogP contribution in [0.4, 0.5) is 4.39 Å². The number of hydrogen-bond donors (Lipinski definition) is 2. The maximum atomic E-state index is 12.6. The van der Waals surface area contributed by atoms with Gasteiger partial charge in [0.2, 0.25) is 5.79 Å². The molecular weight excluding hydrogens is 176 g/mol. The fraction of sp³-hybridized carbons (Fsp3) is 0. The van der Waals surface area contributed by atoms with Gasteiger partial charge in [-0.1, -0.05) is 0 Å². The van der Waals surface area contributed by atoms with E-state index in [1.54, 1.807) is 0 Å². The SMILES string of the molecule is OB(O)c1nc2cc(F)ccc2o1. The van der Waals surface area contributed by atoms with E-state index in [9.17, 15) is 4.39 Å². The average Bonchev–Trinajstić information content (AvgIpc) is 2.46. The molecule has 0 spiro atoms. The Hall–Kier alpha value is -1.40. The molecule has 0 unspecified atom stereocenters. The van der Waals surface area contributed by atoms with Gasteiger partial charge in [-0.15, -0.1) is 0 Å². The van der Waals surface area contributed by atoms with Gasteiger partial charge in [-0.3, -0.25) is 0 Å². The summed E-state index contributed by atoms with van der Waals surface area (Å²) in [6.45, 7) is 0. The van der Waals surface area contributed by atoms with Crippen molar-refractivity contribution in [3.63, 3.8) is 0 Å². The highest BCUT2D eigenvalue weighted by Crippen LogP contribution is 2.11. The third-order valence-electron chi connectivity index (χ3n) is 1.59. The van der Waals surface area contributed by atoms with Crippen LogP contribution in [0.5, 0.6) is 0 Å². The maximum absolute atomic E-state index is 12.6. The predicted octanol–water partition coefficient (Wildman–Crippen LogP) is -0.353. The molecule has 0 saturated heterocycles. The fourth-order valence-corrected chi connectivity index (χ4v) is 1.03. The minimum atomic E-state index is -1.77. The van der Waals surface area contributed by atoms with E-state index in [4.69, 9.17) is 14.5 Å². The van der Waals surface area contributed by atoms with Crippen molar-refractivity contribution in [2.45, 2.75) is 0 Å². The molecule has 4 nitrogen and oxygen atoms in total. The highest BCUT2D eigenvalue weighted by Gasteiger charge is 2.19. The molecule has 1 aromatic carbocycles. The van der Waals surface area contributed by atoms with Crippen LogP contribution in [-0.2, 0) is 0 Å². The Morgan fingerprint density at radius 1 is 1.38 bits per heavy atom. The lowest BCUT2D eigenvalue weighted by atomic mass is 9.93. The average molecular weight is 181 g/mol. The highest BCUT2D eigenvalue weighted by molar-refractivity contribution is 6.56. The molecule has 1 heterocycles. The summed E-state index contributed by atoms with van der Waals surface area (Å²) < 4.78 is 17.5. The molecule has 0 aliphatic rings. The highest BCUT2D eigenvalue weighted by atomic mass is 19.1. The summed E-state index contributed by atoms with van der Waals surface area (Å²) in [5.74, 6) is -0.680. The van der Waals surface area contributed by atoms with E-state index in [1.807, 2.05) is 0 Å². The molecule has 0 saturated carbocycles. The van der Waals surface area contributed by atoms with Crippen molar-refractivity contribution < 1.29 is 18.9 Å². The van der Waals surface area contributed by atoms with Gasteiger partial charge < -0.3 is 14.5 Å². The second-order valence-electron chi connectivity index (χ2n) is 2.54. The molecule has 66 valence electrons. The molecule has 2 N–H and O–H groups in total. The van der Waals surface area contributed by atoms with Gasteiger partial charge >= 0.3 is 7.12 Å². The van der Waals surface area contributed by atoms with Crippen molar-refractivity contribution in [3.05, 3.63) is 24.0 Å². The Kier molecular flexibility index (Phi) is 1.79. The van der Waals surface area contributed by atoms with E-state index in [1.165, 1.54) is 12.1 Å². The summed E-state index contributed by atoms with van der Waals surface area (Å²) in [7, 11) is -1.77. The zero-order valence-electron chi connectivity index (χ0n) is 6.44. The van der Waals surface area contributed by atoms with Crippen molar-refractivity contribution in [2.75, 3.05) is 0 Å². The zero-order valence-corrected chi connectivity index (χ0v) is 6.44. The number of hydrogen-bond acceptors (Lipinski definition) is 4. The van der Waals surface area contributed by atoms with Crippen LogP contribution in [0.1, 0.15) is 0 Å². The van der Waals surface area contributed by atoms with Crippen LogP contribution in [0.3, 0.4) is 0 Å². The van der Waals surface area contributed by atoms with E-state index < -0.39 is 12.9 Å². The molecule has 6 heteroatoms. The number of oxazole rings is 1. The van der Waals surface area contributed by atoms with Crippen LogP contribution in [0.2, 0.25) is 0 Å². The second kappa shape index (κ2) is 2.83. The molecule has 0 atom stereocenters. The molecule has 0 amide bonds. The third-order valence-corrected chi connectivity index (χ3v) is 1.59. The van der Waals surface area contributed by atoms with Gasteiger partial charge in [0.25, 0.3) is 0 Å². The van der Waals surface area contributed by atoms with Gasteiger partial charge in [-0.2, -0.15) is 0 Å². The number of nitrogens with zero attached hydrogens (tertiary/aromatic N) is 1. The smallest absolute Gasteiger partial charge is 0.444 e. The molecule has 0 aliphatic heterocycles. The molecule has 13 heavy (non-hydrogen) atoms. The van der Waals surface area contributed by atoms with E-state index >= 15 is 0 Å². The number of rotatable bonds is 1. The molecule has 0 fully saturated rings. The maximum Gasteiger partial charge on any atom is 0.548 e. The monoisotopic (exact) mass is 181 g/mol. The van der Waals surface area contributed by atoms with Crippen LogP contribution in [0.25, 0.3) is 11.1 Å². The second-order valence-corrected chi connectivity index (χ2v) is 2.54. The number of halogens is 1. The fourth-order valence-electron chi connectivity index (χ4n) is 1.03. The Morgan fingerprint density at radius 2 is 2.15 bits per heavy atom. The first-order chi connectivity index (χ1) is 6.16. The Bertz CT molecular complexity index is 442. The van der Waals surface area contributed by atoms with Crippen LogP contribution >= 0.6 is 0 Å². The first-order valence-electron chi connectivity index (χ1n) is 3.59. The van der Waals surface area contributed by atoms with Crippen molar-refractivity contribution in [1.29, 1.82) is 0 Å². The van der Waals surface area contributed by atoms with Crippen LogP contribution in [-0.4, -0.2) is 22.2 Å². The molecule has 1 aromatic heterocycles. The lowest BCUT2D eigenvalue weighted by Gasteiger charge is -1.86. The molecule has 0 bridgehead atoms. The lowest BCUT2D eigenvalue weighted by Crippen LogP contribution is -2.30. The first-order valence-corrected chi connectivity index (χ1v) is 3.59. The lowest BCUT2D eigenvalue weighted by molar-refractivity contribution is 0.409. The third kappa shape index (κ3) is 1.41. The van der Waals surface area contributed by atoms with E-state index in [-0.39, 0.29) is 11.3 Å². The normalized spacial score (nSPS) is 10.7. The Morgan fingerprint density at radius 3 is 2.85 bits per heavy atom. The van der Waals surface area contributed by atoms with Gasteiger partial charge in [0.15, 0.2) is 5.58 Å². The Labute approximate surface area is 72.8 Å². The van der Waals surface area contributed by atoms with Gasteiger partial charge in [-0.25, -0.2) is 9.37 Å². The summed E-state index contributed by atoms with van der Waals surface area (Å²) in [5.41, 5.74) is 0.590. The summed E-state index contributed by atoms with van der Waals surface area (Å²) >= 11 is 0. The summed E-state index contributed by atoms with van der Waals surface area (Å²) in [6.07, 6.45) is 0. The van der Waals surface area contributed by atoms with E-state index in [0.717, 1.165) is 6.07 Å². The van der Waals surface area contributed by atoms with Gasteiger partial charge in [0.05, 0.1) is 0 Å². The van der Waals surface area contributed by atoms with E-state index in [0.29, 0.717) is 5.58 Å². The van der Waals surface area contributed by atoms with Crippen molar-refractivity contribution >= 4 is 24.0 Å². The summed E-state index contributed by atoms with van der Waals surface area (Å²) in [6, 6.07) is 3.75. The van der Waals surface area contributed by atoms with Gasteiger partial charge in [-0.05, 0) is 12.1 Å². The predicted molar refractivity (Wildman–Crippen MR) is 43.8 cm³/mol.